The maximum Gasteiger partial charge on any atom is 0.226 e. The van der Waals surface area contributed by atoms with Crippen molar-refractivity contribution in [3.8, 4) is 5.75 Å². The fraction of sp³-hybridized carbons (Fsp3) is 0.424. The molecule has 1 unspecified atom stereocenters. The van der Waals surface area contributed by atoms with E-state index in [4.69, 9.17) is 16.3 Å². The molecular weight excluding hydrogens is 492 g/mol. The van der Waals surface area contributed by atoms with Crippen LogP contribution in [-0.4, -0.2) is 30.4 Å². The van der Waals surface area contributed by atoms with Crippen LogP contribution in [0.1, 0.15) is 75.5 Å². The maximum absolute atomic E-state index is 12.1. The molecule has 0 spiro atoms. The van der Waals surface area contributed by atoms with Crippen LogP contribution in [0.5, 0.6) is 5.75 Å². The molecule has 4 rings (SSSR count). The zero-order valence-corrected chi connectivity index (χ0v) is 23.5. The molecule has 202 valence electrons. The molecule has 1 fully saturated rings. The summed E-state index contributed by atoms with van der Waals surface area (Å²) in [5.74, 6) is 1.49. The van der Waals surface area contributed by atoms with Gasteiger partial charge >= 0.3 is 0 Å². The molecular formula is C33H41ClN2O2. The standard InChI is InChI=1S/C33H41ClN2O2/c1-25(2)33(37)35-30-13-9-12-28(24-30)26-19-22-36(23-20-26)21-8-4-7-14-32(27-10-5-3-6-11-27)38-31-17-15-29(34)16-18-31/h3,5-6,9-13,15-18,24-26,32H,4,7-8,14,19-23H2,1-2H3,(H,35,37). The predicted molar refractivity (Wildman–Crippen MR) is 158 cm³/mol. The average molecular weight is 533 g/mol. The van der Waals surface area contributed by atoms with Crippen LogP contribution < -0.4 is 10.1 Å². The third kappa shape index (κ3) is 8.61. The summed E-state index contributed by atoms with van der Waals surface area (Å²) in [6.07, 6.45) is 6.94. The number of benzene rings is 3. The van der Waals surface area contributed by atoms with Gasteiger partial charge in [0.25, 0.3) is 0 Å². The number of amides is 1. The summed E-state index contributed by atoms with van der Waals surface area (Å²) < 4.78 is 6.35. The quantitative estimate of drug-likeness (QED) is 0.238. The lowest BCUT2D eigenvalue weighted by Gasteiger charge is -2.32. The van der Waals surface area contributed by atoms with Gasteiger partial charge in [0, 0.05) is 16.6 Å². The Morgan fingerprint density at radius 1 is 0.947 bits per heavy atom. The van der Waals surface area contributed by atoms with Crippen LogP contribution in [0, 0.1) is 5.92 Å². The van der Waals surface area contributed by atoms with Gasteiger partial charge in [-0.3, -0.25) is 4.79 Å². The normalized spacial score (nSPS) is 15.4. The highest BCUT2D eigenvalue weighted by molar-refractivity contribution is 6.30. The molecule has 3 aromatic carbocycles. The zero-order chi connectivity index (χ0) is 26.7. The lowest BCUT2D eigenvalue weighted by molar-refractivity contribution is -0.118. The van der Waals surface area contributed by atoms with E-state index in [1.54, 1.807) is 0 Å². The van der Waals surface area contributed by atoms with Gasteiger partial charge < -0.3 is 15.0 Å². The van der Waals surface area contributed by atoms with Crippen LogP contribution in [0.15, 0.2) is 78.9 Å². The Hall–Kier alpha value is -2.82. The minimum Gasteiger partial charge on any atom is -0.486 e. The number of likely N-dealkylation sites (tertiary alicyclic amines) is 1. The van der Waals surface area contributed by atoms with Gasteiger partial charge in [0.15, 0.2) is 0 Å². The number of carbonyl (C=O) groups excluding carboxylic acids is 1. The number of anilines is 1. The van der Waals surface area contributed by atoms with Crippen molar-refractivity contribution < 1.29 is 9.53 Å². The van der Waals surface area contributed by atoms with E-state index < -0.39 is 0 Å². The Labute approximate surface area is 233 Å². The third-order valence-electron chi connectivity index (χ3n) is 7.44. The molecule has 0 aromatic heterocycles. The molecule has 1 atom stereocenters. The molecule has 1 aliphatic rings. The summed E-state index contributed by atoms with van der Waals surface area (Å²) >= 11 is 6.05. The smallest absolute Gasteiger partial charge is 0.226 e. The van der Waals surface area contributed by atoms with Gasteiger partial charge in [-0.25, -0.2) is 0 Å². The van der Waals surface area contributed by atoms with Crippen LogP contribution >= 0.6 is 11.6 Å². The molecule has 5 heteroatoms. The molecule has 38 heavy (non-hydrogen) atoms. The topological polar surface area (TPSA) is 41.6 Å². The second-order valence-electron chi connectivity index (χ2n) is 10.7. The number of nitrogens with one attached hydrogen (secondary N) is 1. The van der Waals surface area contributed by atoms with Gasteiger partial charge in [-0.1, -0.05) is 74.3 Å². The van der Waals surface area contributed by atoms with E-state index >= 15 is 0 Å². The van der Waals surface area contributed by atoms with Crippen molar-refractivity contribution in [3.05, 3.63) is 95.0 Å². The number of ether oxygens (including phenoxy) is 1. The van der Waals surface area contributed by atoms with Gasteiger partial charge in [0.1, 0.15) is 11.9 Å². The first-order valence-corrected chi connectivity index (χ1v) is 14.5. The Bertz CT molecular complexity index is 1130. The van der Waals surface area contributed by atoms with E-state index in [0.29, 0.717) is 5.92 Å². The van der Waals surface area contributed by atoms with Gasteiger partial charge in [0.05, 0.1) is 0 Å². The molecule has 0 aliphatic carbocycles. The molecule has 1 N–H and O–H groups in total. The highest BCUT2D eigenvalue weighted by Crippen LogP contribution is 2.31. The summed E-state index contributed by atoms with van der Waals surface area (Å²) in [6, 6.07) is 26.6. The highest BCUT2D eigenvalue weighted by Gasteiger charge is 2.21. The Morgan fingerprint density at radius 3 is 2.39 bits per heavy atom. The number of carbonyl (C=O) groups is 1. The van der Waals surface area contributed by atoms with Crippen molar-refractivity contribution in [1.82, 2.24) is 4.90 Å². The summed E-state index contributed by atoms with van der Waals surface area (Å²) in [6.45, 7) is 7.28. The minimum atomic E-state index is -0.0119. The van der Waals surface area contributed by atoms with Gasteiger partial charge in [-0.05, 0) is 105 Å². The van der Waals surface area contributed by atoms with Crippen LogP contribution in [0.2, 0.25) is 5.02 Å². The van der Waals surface area contributed by atoms with Crippen LogP contribution in [-0.2, 0) is 4.79 Å². The summed E-state index contributed by atoms with van der Waals surface area (Å²) in [7, 11) is 0. The number of hydrogen-bond acceptors (Lipinski definition) is 3. The highest BCUT2D eigenvalue weighted by atomic mass is 35.5. The zero-order valence-electron chi connectivity index (χ0n) is 22.7. The number of hydrogen-bond donors (Lipinski definition) is 1. The lowest BCUT2D eigenvalue weighted by Crippen LogP contribution is -2.33. The van der Waals surface area contributed by atoms with Gasteiger partial charge in [-0.2, -0.15) is 0 Å². The summed E-state index contributed by atoms with van der Waals surface area (Å²) in [5, 5.41) is 3.76. The number of piperidine rings is 1. The third-order valence-corrected chi connectivity index (χ3v) is 7.69. The molecule has 3 aromatic rings. The second-order valence-corrected chi connectivity index (χ2v) is 11.1. The first-order valence-electron chi connectivity index (χ1n) is 14.1. The van der Waals surface area contributed by atoms with E-state index in [2.05, 4.69) is 52.7 Å². The monoisotopic (exact) mass is 532 g/mol. The van der Waals surface area contributed by atoms with E-state index in [1.807, 2.05) is 50.2 Å². The van der Waals surface area contributed by atoms with E-state index in [1.165, 1.54) is 36.8 Å². The van der Waals surface area contributed by atoms with Crippen molar-refractivity contribution in [3.63, 3.8) is 0 Å². The van der Waals surface area contributed by atoms with Crippen molar-refractivity contribution in [2.45, 2.75) is 64.4 Å². The Kier molecular flexibility index (Phi) is 10.7. The molecule has 1 amide bonds. The molecule has 1 aliphatic heterocycles. The minimum absolute atomic E-state index is 0.0119. The summed E-state index contributed by atoms with van der Waals surface area (Å²) in [4.78, 5) is 14.7. The Morgan fingerprint density at radius 2 is 1.68 bits per heavy atom. The first kappa shape index (κ1) is 28.2. The number of halogens is 1. The molecule has 0 bridgehead atoms. The number of unbranched alkanes of at least 4 members (excludes halogenated alkanes) is 2. The largest absolute Gasteiger partial charge is 0.486 e. The van der Waals surface area contributed by atoms with E-state index in [0.717, 1.165) is 48.9 Å². The number of rotatable bonds is 12. The van der Waals surface area contributed by atoms with Crippen LogP contribution in [0.4, 0.5) is 5.69 Å². The average Bonchev–Trinajstić information content (AvgIpc) is 2.94. The lowest BCUT2D eigenvalue weighted by atomic mass is 9.89. The molecule has 1 saturated heterocycles. The fourth-order valence-corrected chi connectivity index (χ4v) is 5.25. The number of nitrogens with zero attached hydrogens (tertiary/aromatic N) is 1. The molecule has 0 saturated carbocycles. The van der Waals surface area contributed by atoms with Crippen molar-refractivity contribution in [1.29, 1.82) is 0 Å². The van der Waals surface area contributed by atoms with Crippen LogP contribution in [0.3, 0.4) is 0 Å². The van der Waals surface area contributed by atoms with E-state index in [9.17, 15) is 4.79 Å². The SMILES string of the molecule is CC(C)C(=O)Nc1cccc(C2CCN(CCCCCC(Oc3ccc(Cl)cc3)c3ccccc3)CC2)c1. The molecule has 0 radical (unpaired) electrons. The van der Waals surface area contributed by atoms with Crippen molar-refractivity contribution >= 4 is 23.2 Å². The maximum atomic E-state index is 12.1. The predicted octanol–water partition coefficient (Wildman–Crippen LogP) is 8.49. The van der Waals surface area contributed by atoms with Crippen molar-refractivity contribution in [2.24, 2.45) is 5.92 Å². The summed E-state index contributed by atoms with van der Waals surface area (Å²) in [5.41, 5.74) is 3.48. The first-order chi connectivity index (χ1) is 18.5. The molecule has 4 nitrogen and oxygen atoms in total. The van der Waals surface area contributed by atoms with Gasteiger partial charge in [-0.15, -0.1) is 0 Å². The second kappa shape index (κ2) is 14.4. The Balaban J connectivity index is 1.19. The van der Waals surface area contributed by atoms with E-state index in [-0.39, 0.29) is 17.9 Å². The molecule has 1 heterocycles. The van der Waals surface area contributed by atoms with Crippen LogP contribution in [0.25, 0.3) is 0 Å². The van der Waals surface area contributed by atoms with Gasteiger partial charge in [0.2, 0.25) is 5.91 Å². The van der Waals surface area contributed by atoms with Crippen molar-refractivity contribution in [2.75, 3.05) is 25.0 Å². The fourth-order valence-electron chi connectivity index (χ4n) is 5.13.